The molecule has 0 bridgehead atoms. The second kappa shape index (κ2) is 12.5. The summed E-state index contributed by atoms with van der Waals surface area (Å²) in [6.07, 6.45) is 10.2. The summed E-state index contributed by atoms with van der Waals surface area (Å²) in [6, 6.07) is 8.04. The molecule has 7 heteroatoms. The van der Waals surface area contributed by atoms with Crippen molar-refractivity contribution in [3.63, 3.8) is 0 Å². The zero-order chi connectivity index (χ0) is 25.6. The third-order valence-corrected chi connectivity index (χ3v) is 8.10. The van der Waals surface area contributed by atoms with Gasteiger partial charge < -0.3 is 14.6 Å². The number of carboxylic acid groups (broad SMARTS) is 1. The molecule has 0 radical (unpaired) electrons. The number of carboxylic acids is 1. The van der Waals surface area contributed by atoms with E-state index in [-0.39, 0.29) is 12.0 Å². The van der Waals surface area contributed by atoms with Gasteiger partial charge in [0.05, 0.1) is 12.7 Å². The fraction of sp³-hybridized carbons (Fsp3) is 0.600. The molecule has 200 valence electrons. The molecule has 1 aliphatic carbocycles. The number of carbonyl (C=O) groups is 1. The molecule has 3 atom stereocenters. The van der Waals surface area contributed by atoms with Crippen LogP contribution in [0.25, 0.3) is 0 Å². The summed E-state index contributed by atoms with van der Waals surface area (Å²) in [5.74, 6) is -1.08. The molecule has 2 aliphatic heterocycles. The molecule has 1 unspecified atom stereocenters. The minimum Gasteiger partial charge on any atom is -0.480 e. The minimum atomic E-state index is -0.943. The van der Waals surface area contributed by atoms with Gasteiger partial charge in [0.15, 0.2) is 0 Å². The highest BCUT2D eigenvalue weighted by molar-refractivity contribution is 5.76. The van der Waals surface area contributed by atoms with Crippen LogP contribution in [0.4, 0.5) is 4.39 Å². The quantitative estimate of drug-likeness (QED) is 0.429. The highest BCUT2D eigenvalue weighted by Gasteiger charge is 2.36. The molecule has 2 saturated heterocycles. The molecule has 3 aliphatic rings. The van der Waals surface area contributed by atoms with E-state index in [4.69, 9.17) is 14.5 Å². The highest BCUT2D eigenvalue weighted by Crippen LogP contribution is 2.37. The molecule has 1 aromatic carbocycles. The zero-order valence-electron chi connectivity index (χ0n) is 21.7. The van der Waals surface area contributed by atoms with Crippen LogP contribution >= 0.6 is 0 Å². The monoisotopic (exact) mass is 510 g/mol. The van der Waals surface area contributed by atoms with Gasteiger partial charge in [0, 0.05) is 31.1 Å². The summed E-state index contributed by atoms with van der Waals surface area (Å²) >= 11 is 0. The number of halogens is 1. The first-order valence-electron chi connectivity index (χ1n) is 14.0. The molecule has 5 rings (SSSR count). The number of aliphatic carboxylic acids is 1. The Labute approximate surface area is 219 Å². The molecule has 37 heavy (non-hydrogen) atoms. The van der Waals surface area contributed by atoms with Crippen LogP contribution in [0.2, 0.25) is 0 Å². The van der Waals surface area contributed by atoms with Crippen molar-refractivity contribution in [2.45, 2.75) is 76.4 Å². The SMILES string of the molecule is O=C(O)C(c1cc(F)ccc1[C@@H]1CCCCO1)N1CC[C@@H](COCCCc2ccc3c(n2)CCCC3)C1. The number of rotatable bonds is 10. The average Bonchev–Trinajstić information content (AvgIpc) is 3.37. The van der Waals surface area contributed by atoms with Crippen LogP contribution in [0.1, 0.15) is 85.2 Å². The maximum atomic E-state index is 14.3. The molecule has 1 N–H and O–H groups in total. The summed E-state index contributed by atoms with van der Waals surface area (Å²) in [4.78, 5) is 19.2. The molecule has 0 saturated carbocycles. The maximum absolute atomic E-state index is 14.3. The van der Waals surface area contributed by atoms with Crippen LogP contribution in [-0.4, -0.2) is 53.9 Å². The fourth-order valence-electron chi connectivity index (χ4n) is 6.15. The van der Waals surface area contributed by atoms with Gasteiger partial charge in [-0.25, -0.2) is 4.39 Å². The summed E-state index contributed by atoms with van der Waals surface area (Å²) in [5.41, 5.74) is 5.17. The van der Waals surface area contributed by atoms with Gasteiger partial charge in [-0.3, -0.25) is 14.7 Å². The number of likely N-dealkylation sites (tertiary alicyclic amines) is 1. The molecule has 2 fully saturated rings. The number of aryl methyl sites for hydroxylation is 3. The smallest absolute Gasteiger partial charge is 0.325 e. The average molecular weight is 511 g/mol. The fourth-order valence-corrected chi connectivity index (χ4v) is 6.15. The van der Waals surface area contributed by atoms with Crippen molar-refractivity contribution < 1.29 is 23.8 Å². The number of fused-ring (bicyclic) bond motifs is 1. The van der Waals surface area contributed by atoms with Crippen molar-refractivity contribution in [3.8, 4) is 0 Å². The molecule has 0 spiro atoms. The van der Waals surface area contributed by atoms with Crippen molar-refractivity contribution in [1.29, 1.82) is 0 Å². The maximum Gasteiger partial charge on any atom is 0.325 e. The molecular weight excluding hydrogens is 471 g/mol. The van der Waals surface area contributed by atoms with E-state index in [9.17, 15) is 14.3 Å². The van der Waals surface area contributed by atoms with Crippen molar-refractivity contribution in [2.75, 3.05) is 32.9 Å². The number of pyridine rings is 1. The molecule has 3 heterocycles. The van der Waals surface area contributed by atoms with E-state index in [0.717, 1.165) is 62.6 Å². The van der Waals surface area contributed by atoms with Crippen LogP contribution in [0.3, 0.4) is 0 Å². The first-order chi connectivity index (χ1) is 18.1. The van der Waals surface area contributed by atoms with E-state index in [1.165, 1.54) is 36.2 Å². The Balaban J connectivity index is 1.13. The Bertz CT molecular complexity index is 1070. The van der Waals surface area contributed by atoms with Crippen molar-refractivity contribution in [1.82, 2.24) is 9.88 Å². The van der Waals surface area contributed by atoms with Gasteiger partial charge in [-0.1, -0.05) is 12.1 Å². The summed E-state index contributed by atoms with van der Waals surface area (Å²) < 4.78 is 26.2. The lowest BCUT2D eigenvalue weighted by Gasteiger charge is -2.30. The third-order valence-electron chi connectivity index (χ3n) is 8.10. The molecular formula is C30H39FN2O4. The van der Waals surface area contributed by atoms with E-state index in [1.54, 1.807) is 6.07 Å². The first-order valence-corrected chi connectivity index (χ1v) is 14.0. The Hall–Kier alpha value is -2.35. The summed E-state index contributed by atoms with van der Waals surface area (Å²) in [7, 11) is 0. The molecule has 6 nitrogen and oxygen atoms in total. The van der Waals surface area contributed by atoms with E-state index in [1.807, 2.05) is 4.90 Å². The summed E-state index contributed by atoms with van der Waals surface area (Å²) in [5, 5.41) is 10.2. The molecule has 1 aromatic heterocycles. The van der Waals surface area contributed by atoms with Crippen LogP contribution in [-0.2, 0) is 33.5 Å². The van der Waals surface area contributed by atoms with Crippen molar-refractivity contribution >= 4 is 5.97 Å². The van der Waals surface area contributed by atoms with E-state index in [0.29, 0.717) is 38.5 Å². The van der Waals surface area contributed by atoms with Crippen LogP contribution in [0.15, 0.2) is 30.3 Å². The lowest BCUT2D eigenvalue weighted by molar-refractivity contribution is -0.143. The lowest BCUT2D eigenvalue weighted by Crippen LogP contribution is -2.34. The van der Waals surface area contributed by atoms with Gasteiger partial charge in [-0.05, 0) is 112 Å². The van der Waals surface area contributed by atoms with Crippen LogP contribution < -0.4 is 0 Å². The number of aromatic nitrogens is 1. The Morgan fingerprint density at radius 2 is 2.05 bits per heavy atom. The number of hydrogen-bond acceptors (Lipinski definition) is 5. The number of ether oxygens (including phenoxy) is 2. The predicted molar refractivity (Wildman–Crippen MR) is 139 cm³/mol. The molecule has 2 aromatic rings. The van der Waals surface area contributed by atoms with Gasteiger partial charge in [-0.15, -0.1) is 0 Å². The molecule has 0 amide bonds. The minimum absolute atomic E-state index is 0.169. The highest BCUT2D eigenvalue weighted by atomic mass is 19.1. The standard InChI is InChI=1S/C30H39FN2O4/c31-23-11-13-25(28-9-3-4-17-37-28)26(18-23)29(30(34)35)33-15-14-21(19-33)20-36-16-5-7-24-12-10-22-6-1-2-8-27(22)32-24/h10-13,18,21,28-29H,1-9,14-17,19-20H2,(H,34,35)/t21-,28+,29?/m1/s1. The van der Waals surface area contributed by atoms with E-state index in [2.05, 4.69) is 12.1 Å². The summed E-state index contributed by atoms with van der Waals surface area (Å²) in [6.45, 7) is 3.23. The van der Waals surface area contributed by atoms with Gasteiger partial charge in [0.2, 0.25) is 0 Å². The third kappa shape index (κ3) is 6.57. The Morgan fingerprint density at radius 1 is 1.16 bits per heavy atom. The second-order valence-electron chi connectivity index (χ2n) is 10.8. The van der Waals surface area contributed by atoms with Gasteiger partial charge in [0.1, 0.15) is 11.9 Å². The second-order valence-corrected chi connectivity index (χ2v) is 10.8. The predicted octanol–water partition coefficient (Wildman–Crippen LogP) is 5.44. The lowest BCUT2D eigenvalue weighted by atomic mass is 9.92. The van der Waals surface area contributed by atoms with Crippen molar-refractivity contribution in [3.05, 3.63) is 64.2 Å². The largest absolute Gasteiger partial charge is 0.480 e. The normalized spacial score (nSPS) is 23.1. The van der Waals surface area contributed by atoms with Gasteiger partial charge in [0.25, 0.3) is 0 Å². The van der Waals surface area contributed by atoms with Crippen LogP contribution in [0.5, 0.6) is 0 Å². The van der Waals surface area contributed by atoms with E-state index >= 15 is 0 Å². The van der Waals surface area contributed by atoms with Crippen LogP contribution in [0, 0.1) is 11.7 Å². The number of hydrogen-bond donors (Lipinski definition) is 1. The number of benzene rings is 1. The topological polar surface area (TPSA) is 71.9 Å². The zero-order valence-corrected chi connectivity index (χ0v) is 21.7. The van der Waals surface area contributed by atoms with Gasteiger partial charge in [-0.2, -0.15) is 0 Å². The Kier molecular flexibility index (Phi) is 8.85. The Morgan fingerprint density at radius 3 is 2.89 bits per heavy atom. The van der Waals surface area contributed by atoms with Crippen molar-refractivity contribution in [2.24, 2.45) is 5.92 Å². The first kappa shape index (κ1) is 26.3. The van der Waals surface area contributed by atoms with Gasteiger partial charge >= 0.3 is 5.97 Å². The number of nitrogens with zero attached hydrogens (tertiary/aromatic N) is 2. The van der Waals surface area contributed by atoms with E-state index < -0.39 is 17.8 Å².